The summed E-state index contributed by atoms with van der Waals surface area (Å²) >= 11 is 3.44. The van der Waals surface area contributed by atoms with Crippen molar-refractivity contribution in [2.45, 2.75) is 11.8 Å². The van der Waals surface area contributed by atoms with Gasteiger partial charge in [0, 0.05) is 20.7 Å². The number of alkyl halides is 1. The molecule has 90 valence electrons. The summed E-state index contributed by atoms with van der Waals surface area (Å²) in [6.07, 6.45) is 0. The van der Waals surface area contributed by atoms with Gasteiger partial charge in [0.05, 0.1) is 11.4 Å². The maximum atomic E-state index is 11.9. The monoisotopic (exact) mass is 289 g/mol. The minimum Gasteiger partial charge on any atom is -0.456 e. The number of hydrogen-bond acceptors (Lipinski definition) is 3. The summed E-state index contributed by atoms with van der Waals surface area (Å²) in [6.45, 7) is 2.95. The molecular formula is C11H16BrNO3. The molecule has 1 unspecified atom stereocenters. The summed E-state index contributed by atoms with van der Waals surface area (Å²) in [5.74, 6) is 0.995. The van der Waals surface area contributed by atoms with E-state index in [2.05, 4.69) is 15.9 Å². The van der Waals surface area contributed by atoms with E-state index in [0.29, 0.717) is 18.9 Å². The van der Waals surface area contributed by atoms with Gasteiger partial charge in [0.15, 0.2) is 5.76 Å². The largest absolute Gasteiger partial charge is 0.456 e. The molecule has 0 bridgehead atoms. The number of hydrogen-bond donors (Lipinski definition) is 0. The van der Waals surface area contributed by atoms with Crippen LogP contribution in [0.1, 0.15) is 16.3 Å². The summed E-state index contributed by atoms with van der Waals surface area (Å²) < 4.78 is 10.3. The second kappa shape index (κ2) is 6.06. The number of carbonyl (C=O) groups is 1. The third-order valence-electron chi connectivity index (χ3n) is 2.12. The van der Waals surface area contributed by atoms with Crippen LogP contribution >= 0.6 is 15.9 Å². The van der Waals surface area contributed by atoms with Gasteiger partial charge in [-0.3, -0.25) is 4.79 Å². The Hall–Kier alpha value is -0.810. The van der Waals surface area contributed by atoms with Crippen LogP contribution in [-0.4, -0.2) is 42.9 Å². The van der Waals surface area contributed by atoms with E-state index in [1.807, 2.05) is 6.92 Å². The Balaban J connectivity index is 2.54. The number of ether oxygens (including phenoxy) is 1. The van der Waals surface area contributed by atoms with Gasteiger partial charge in [0.1, 0.15) is 5.76 Å². The van der Waals surface area contributed by atoms with Crippen molar-refractivity contribution in [2.24, 2.45) is 0 Å². The van der Waals surface area contributed by atoms with E-state index < -0.39 is 0 Å². The van der Waals surface area contributed by atoms with Crippen molar-refractivity contribution in [3.8, 4) is 0 Å². The van der Waals surface area contributed by atoms with Crippen LogP contribution < -0.4 is 0 Å². The van der Waals surface area contributed by atoms with Crippen LogP contribution in [0, 0.1) is 6.92 Å². The summed E-state index contributed by atoms with van der Waals surface area (Å²) in [6, 6.07) is 3.47. The Kier molecular flexibility index (Phi) is 5.02. The van der Waals surface area contributed by atoms with Crippen molar-refractivity contribution in [1.29, 1.82) is 0 Å². The van der Waals surface area contributed by atoms with E-state index in [9.17, 15) is 4.79 Å². The average molecular weight is 290 g/mol. The molecule has 0 radical (unpaired) electrons. The number of furan rings is 1. The predicted molar refractivity (Wildman–Crippen MR) is 65.0 cm³/mol. The fraction of sp³-hybridized carbons (Fsp3) is 0.545. The zero-order chi connectivity index (χ0) is 12.1. The van der Waals surface area contributed by atoms with Crippen LogP contribution in [0.3, 0.4) is 0 Å². The molecule has 1 heterocycles. The molecule has 1 rings (SSSR count). The van der Waals surface area contributed by atoms with Gasteiger partial charge in [-0.2, -0.15) is 0 Å². The van der Waals surface area contributed by atoms with Crippen molar-refractivity contribution in [3.05, 3.63) is 23.7 Å². The maximum absolute atomic E-state index is 11.9. The highest BCUT2D eigenvalue weighted by molar-refractivity contribution is 9.09. The third kappa shape index (κ3) is 3.64. The lowest BCUT2D eigenvalue weighted by Crippen LogP contribution is -2.33. The number of nitrogens with zero attached hydrogens (tertiary/aromatic N) is 1. The maximum Gasteiger partial charge on any atom is 0.289 e. The molecular weight excluding hydrogens is 274 g/mol. The predicted octanol–water partition coefficient (Wildman–Crippen LogP) is 2.07. The molecule has 1 atom stereocenters. The average Bonchev–Trinajstić information content (AvgIpc) is 2.64. The first-order chi connectivity index (χ1) is 7.54. The summed E-state index contributed by atoms with van der Waals surface area (Å²) in [5.41, 5.74) is 0. The van der Waals surface area contributed by atoms with Gasteiger partial charge in [0.25, 0.3) is 5.91 Å². The number of rotatable bonds is 5. The minimum atomic E-state index is -0.117. The first-order valence-electron chi connectivity index (χ1n) is 4.99. The standard InChI is InChI=1S/C11H16BrNO3/c1-8-4-5-10(16-8)11(14)13(2)6-9(12)7-15-3/h4-5,9H,6-7H2,1-3H3. The van der Waals surface area contributed by atoms with E-state index in [-0.39, 0.29) is 10.7 Å². The van der Waals surface area contributed by atoms with Crippen molar-refractivity contribution in [3.63, 3.8) is 0 Å². The first-order valence-corrected chi connectivity index (χ1v) is 5.91. The Labute approximate surface area is 104 Å². The van der Waals surface area contributed by atoms with Crippen LogP contribution in [0.4, 0.5) is 0 Å². The molecule has 0 spiro atoms. The summed E-state index contributed by atoms with van der Waals surface area (Å²) in [5, 5.41) is 0. The zero-order valence-corrected chi connectivity index (χ0v) is 11.3. The molecule has 1 amide bonds. The van der Waals surface area contributed by atoms with Crippen LogP contribution in [0.2, 0.25) is 0 Å². The van der Waals surface area contributed by atoms with Gasteiger partial charge in [-0.05, 0) is 19.1 Å². The first kappa shape index (κ1) is 13.3. The molecule has 0 saturated carbocycles. The fourth-order valence-electron chi connectivity index (χ4n) is 1.35. The summed E-state index contributed by atoms with van der Waals surface area (Å²) in [4.78, 5) is 13.6. The topological polar surface area (TPSA) is 42.7 Å². The van der Waals surface area contributed by atoms with Gasteiger partial charge in [-0.15, -0.1) is 0 Å². The molecule has 0 aliphatic heterocycles. The molecule has 5 heteroatoms. The molecule has 1 aromatic heterocycles. The Morgan fingerprint density at radius 3 is 2.81 bits per heavy atom. The zero-order valence-electron chi connectivity index (χ0n) is 9.70. The molecule has 0 aliphatic rings. The second-order valence-electron chi connectivity index (χ2n) is 3.65. The highest BCUT2D eigenvalue weighted by atomic mass is 79.9. The smallest absolute Gasteiger partial charge is 0.289 e. The van der Waals surface area contributed by atoms with Crippen molar-refractivity contribution >= 4 is 21.8 Å². The number of methoxy groups -OCH3 is 1. The number of carbonyl (C=O) groups excluding carboxylic acids is 1. The normalized spacial score (nSPS) is 12.5. The van der Waals surface area contributed by atoms with Gasteiger partial charge >= 0.3 is 0 Å². The SMILES string of the molecule is COCC(Br)CN(C)C(=O)c1ccc(C)o1. The highest BCUT2D eigenvalue weighted by Gasteiger charge is 2.17. The van der Waals surface area contributed by atoms with E-state index in [4.69, 9.17) is 9.15 Å². The Morgan fingerprint density at radius 1 is 1.62 bits per heavy atom. The van der Waals surface area contributed by atoms with Gasteiger partial charge in [0.2, 0.25) is 0 Å². The lowest BCUT2D eigenvalue weighted by Gasteiger charge is -2.19. The molecule has 16 heavy (non-hydrogen) atoms. The van der Waals surface area contributed by atoms with Crippen LogP contribution in [0.5, 0.6) is 0 Å². The van der Waals surface area contributed by atoms with E-state index in [0.717, 1.165) is 5.76 Å². The number of amides is 1. The van der Waals surface area contributed by atoms with Gasteiger partial charge in [-0.1, -0.05) is 15.9 Å². The Bertz CT molecular complexity index is 351. The third-order valence-corrected chi connectivity index (χ3v) is 2.67. The lowest BCUT2D eigenvalue weighted by atomic mass is 10.3. The van der Waals surface area contributed by atoms with Crippen molar-refractivity contribution in [2.75, 3.05) is 27.3 Å². The fourth-order valence-corrected chi connectivity index (χ4v) is 2.05. The van der Waals surface area contributed by atoms with E-state index in [1.54, 1.807) is 31.2 Å². The van der Waals surface area contributed by atoms with Crippen LogP contribution in [0.15, 0.2) is 16.5 Å². The van der Waals surface area contributed by atoms with Crippen LogP contribution in [-0.2, 0) is 4.74 Å². The molecule has 1 aromatic rings. The van der Waals surface area contributed by atoms with Gasteiger partial charge in [-0.25, -0.2) is 0 Å². The van der Waals surface area contributed by atoms with E-state index >= 15 is 0 Å². The minimum absolute atomic E-state index is 0.117. The number of halogens is 1. The molecule has 0 aliphatic carbocycles. The number of aryl methyl sites for hydroxylation is 1. The van der Waals surface area contributed by atoms with Crippen molar-refractivity contribution in [1.82, 2.24) is 4.90 Å². The lowest BCUT2D eigenvalue weighted by molar-refractivity contribution is 0.0751. The highest BCUT2D eigenvalue weighted by Crippen LogP contribution is 2.10. The molecule has 4 nitrogen and oxygen atoms in total. The van der Waals surface area contributed by atoms with Crippen LogP contribution in [0.25, 0.3) is 0 Å². The Morgan fingerprint density at radius 2 is 2.31 bits per heavy atom. The second-order valence-corrected chi connectivity index (χ2v) is 4.94. The van der Waals surface area contributed by atoms with Gasteiger partial charge < -0.3 is 14.1 Å². The molecule has 0 aromatic carbocycles. The molecule has 0 fully saturated rings. The molecule has 0 saturated heterocycles. The quantitative estimate of drug-likeness (QED) is 0.780. The van der Waals surface area contributed by atoms with E-state index in [1.165, 1.54) is 0 Å². The summed E-state index contributed by atoms with van der Waals surface area (Å²) in [7, 11) is 3.37. The van der Waals surface area contributed by atoms with Crippen molar-refractivity contribution < 1.29 is 13.9 Å². The molecule has 0 N–H and O–H groups in total.